The topological polar surface area (TPSA) is 111 Å². The Labute approximate surface area is 110 Å². The van der Waals surface area contributed by atoms with Gasteiger partial charge in [-0.15, -0.1) is 11.3 Å². The van der Waals surface area contributed by atoms with Gasteiger partial charge < -0.3 is 16.8 Å². The Kier molecular flexibility index (Phi) is 5.24. The molecule has 18 heavy (non-hydrogen) atoms. The highest BCUT2D eigenvalue weighted by Gasteiger charge is 2.23. The standard InChI is InChI=1S/C11H18N4O2S/c1-6(2)9(10(13)16)15-11(17)7-5-18-8(14-7)3-4-12/h5-6,9H,3-4,12H2,1-2H3,(H2,13,16)(H,15,17). The number of primary amides is 1. The number of hydrogen-bond acceptors (Lipinski definition) is 5. The van der Waals surface area contributed by atoms with Crippen molar-refractivity contribution in [3.63, 3.8) is 0 Å². The Balaban J connectivity index is 2.71. The van der Waals surface area contributed by atoms with Crippen LogP contribution in [0.1, 0.15) is 29.3 Å². The molecule has 0 saturated heterocycles. The Bertz CT molecular complexity index is 430. The fourth-order valence-electron chi connectivity index (χ4n) is 1.43. The maximum absolute atomic E-state index is 11.9. The Hall–Kier alpha value is -1.47. The van der Waals surface area contributed by atoms with Crippen molar-refractivity contribution in [3.8, 4) is 0 Å². The van der Waals surface area contributed by atoms with Crippen molar-refractivity contribution in [3.05, 3.63) is 16.1 Å². The summed E-state index contributed by atoms with van der Waals surface area (Å²) < 4.78 is 0. The van der Waals surface area contributed by atoms with Gasteiger partial charge in [0.1, 0.15) is 11.7 Å². The van der Waals surface area contributed by atoms with Crippen LogP contribution in [-0.2, 0) is 11.2 Å². The molecular weight excluding hydrogens is 252 g/mol. The van der Waals surface area contributed by atoms with E-state index >= 15 is 0 Å². The SMILES string of the molecule is CC(C)C(NC(=O)c1csc(CCN)n1)C(N)=O. The third-order valence-corrected chi connectivity index (χ3v) is 3.31. The average molecular weight is 270 g/mol. The minimum Gasteiger partial charge on any atom is -0.368 e. The van der Waals surface area contributed by atoms with Crippen LogP contribution >= 0.6 is 11.3 Å². The van der Waals surface area contributed by atoms with E-state index in [1.165, 1.54) is 11.3 Å². The van der Waals surface area contributed by atoms with Gasteiger partial charge in [-0.2, -0.15) is 0 Å². The number of thiazole rings is 1. The summed E-state index contributed by atoms with van der Waals surface area (Å²) in [5.74, 6) is -0.989. The normalized spacial score (nSPS) is 12.4. The van der Waals surface area contributed by atoms with Crippen molar-refractivity contribution in [2.24, 2.45) is 17.4 Å². The number of amides is 2. The van der Waals surface area contributed by atoms with Crippen LogP contribution in [0, 0.1) is 5.92 Å². The van der Waals surface area contributed by atoms with Gasteiger partial charge in [-0.05, 0) is 12.5 Å². The van der Waals surface area contributed by atoms with E-state index in [2.05, 4.69) is 10.3 Å². The van der Waals surface area contributed by atoms with Crippen molar-refractivity contribution in [2.45, 2.75) is 26.3 Å². The summed E-state index contributed by atoms with van der Waals surface area (Å²) in [4.78, 5) is 27.2. The van der Waals surface area contributed by atoms with Crippen molar-refractivity contribution in [2.75, 3.05) is 6.54 Å². The molecule has 1 aromatic heterocycles. The van der Waals surface area contributed by atoms with Crippen LogP contribution in [0.3, 0.4) is 0 Å². The van der Waals surface area contributed by atoms with Crippen molar-refractivity contribution in [1.82, 2.24) is 10.3 Å². The van der Waals surface area contributed by atoms with Gasteiger partial charge in [0.05, 0.1) is 5.01 Å². The summed E-state index contributed by atoms with van der Waals surface area (Å²) in [6.45, 7) is 4.12. The van der Waals surface area contributed by atoms with Crippen LogP contribution in [0.2, 0.25) is 0 Å². The molecule has 0 aliphatic rings. The number of hydrogen-bond donors (Lipinski definition) is 3. The molecular formula is C11H18N4O2S. The third kappa shape index (κ3) is 3.78. The Morgan fingerprint density at radius 1 is 1.50 bits per heavy atom. The van der Waals surface area contributed by atoms with Crippen LogP contribution in [-0.4, -0.2) is 29.4 Å². The fraction of sp³-hybridized carbons (Fsp3) is 0.545. The molecule has 0 spiro atoms. The second-order valence-corrected chi connectivity index (χ2v) is 5.21. The molecule has 1 rings (SSSR count). The monoisotopic (exact) mass is 270 g/mol. The predicted molar refractivity (Wildman–Crippen MR) is 70.2 cm³/mol. The third-order valence-electron chi connectivity index (χ3n) is 2.40. The second-order valence-electron chi connectivity index (χ2n) is 4.26. The highest BCUT2D eigenvalue weighted by atomic mass is 32.1. The average Bonchev–Trinajstić information content (AvgIpc) is 2.73. The lowest BCUT2D eigenvalue weighted by molar-refractivity contribution is -0.120. The van der Waals surface area contributed by atoms with Gasteiger partial charge >= 0.3 is 0 Å². The number of nitrogens with zero attached hydrogens (tertiary/aromatic N) is 1. The highest BCUT2D eigenvalue weighted by Crippen LogP contribution is 2.11. The lowest BCUT2D eigenvalue weighted by Crippen LogP contribution is -2.47. The molecule has 0 aliphatic carbocycles. The van der Waals surface area contributed by atoms with Crippen molar-refractivity contribution >= 4 is 23.2 Å². The molecule has 7 heteroatoms. The second kappa shape index (κ2) is 6.46. The van der Waals surface area contributed by atoms with E-state index in [0.717, 1.165) is 5.01 Å². The van der Waals surface area contributed by atoms with Crippen LogP contribution in [0.25, 0.3) is 0 Å². The van der Waals surface area contributed by atoms with Gasteiger partial charge in [0.15, 0.2) is 0 Å². The van der Waals surface area contributed by atoms with E-state index in [4.69, 9.17) is 11.5 Å². The zero-order valence-corrected chi connectivity index (χ0v) is 11.3. The smallest absolute Gasteiger partial charge is 0.271 e. The molecule has 0 radical (unpaired) electrons. The van der Waals surface area contributed by atoms with E-state index in [9.17, 15) is 9.59 Å². The number of rotatable bonds is 6. The fourth-order valence-corrected chi connectivity index (χ4v) is 2.23. The predicted octanol–water partition coefficient (Wildman–Crippen LogP) is -0.116. The molecule has 1 heterocycles. The van der Waals surface area contributed by atoms with E-state index in [-0.39, 0.29) is 11.8 Å². The van der Waals surface area contributed by atoms with Crippen molar-refractivity contribution in [1.29, 1.82) is 0 Å². The first-order chi connectivity index (χ1) is 8.45. The number of nitrogens with one attached hydrogen (secondary N) is 1. The first-order valence-corrected chi connectivity index (χ1v) is 6.58. The molecule has 5 N–H and O–H groups in total. The number of carbonyl (C=O) groups excluding carboxylic acids is 2. The minimum absolute atomic E-state index is 0.0615. The summed E-state index contributed by atoms with van der Waals surface area (Å²) in [7, 11) is 0. The van der Waals surface area contributed by atoms with Crippen LogP contribution in [0.4, 0.5) is 0 Å². The molecule has 0 bridgehead atoms. The van der Waals surface area contributed by atoms with E-state index in [1.807, 2.05) is 13.8 Å². The molecule has 0 saturated carbocycles. The largest absolute Gasteiger partial charge is 0.368 e. The maximum Gasteiger partial charge on any atom is 0.271 e. The molecule has 2 amide bonds. The quantitative estimate of drug-likeness (QED) is 0.669. The van der Waals surface area contributed by atoms with Crippen LogP contribution in [0.15, 0.2) is 5.38 Å². The zero-order valence-electron chi connectivity index (χ0n) is 10.5. The van der Waals surface area contributed by atoms with Crippen LogP contribution < -0.4 is 16.8 Å². The summed E-state index contributed by atoms with van der Waals surface area (Å²) in [6, 6.07) is -0.683. The summed E-state index contributed by atoms with van der Waals surface area (Å²) >= 11 is 1.38. The molecule has 1 atom stereocenters. The van der Waals surface area contributed by atoms with E-state index in [1.54, 1.807) is 5.38 Å². The Morgan fingerprint density at radius 2 is 2.17 bits per heavy atom. The number of aromatic nitrogens is 1. The zero-order chi connectivity index (χ0) is 13.7. The molecule has 0 fully saturated rings. The molecule has 100 valence electrons. The molecule has 6 nitrogen and oxygen atoms in total. The highest BCUT2D eigenvalue weighted by molar-refractivity contribution is 7.09. The minimum atomic E-state index is -0.683. The van der Waals surface area contributed by atoms with Gasteiger partial charge in [0.2, 0.25) is 5.91 Å². The van der Waals surface area contributed by atoms with Gasteiger partial charge in [0.25, 0.3) is 5.91 Å². The maximum atomic E-state index is 11.9. The first-order valence-electron chi connectivity index (χ1n) is 5.70. The van der Waals surface area contributed by atoms with E-state index < -0.39 is 11.9 Å². The summed E-state index contributed by atoms with van der Waals surface area (Å²) in [5.41, 5.74) is 10.9. The lowest BCUT2D eigenvalue weighted by Gasteiger charge is -2.18. The van der Waals surface area contributed by atoms with Crippen molar-refractivity contribution < 1.29 is 9.59 Å². The van der Waals surface area contributed by atoms with Gasteiger partial charge in [-0.25, -0.2) is 4.98 Å². The van der Waals surface area contributed by atoms with Gasteiger partial charge in [-0.3, -0.25) is 9.59 Å². The molecule has 1 aromatic rings. The Morgan fingerprint density at radius 3 is 2.67 bits per heavy atom. The van der Waals surface area contributed by atoms with Crippen LogP contribution in [0.5, 0.6) is 0 Å². The summed E-state index contributed by atoms with van der Waals surface area (Å²) in [5, 5.41) is 5.05. The van der Waals surface area contributed by atoms with Gasteiger partial charge in [0, 0.05) is 11.8 Å². The summed E-state index contributed by atoms with van der Waals surface area (Å²) in [6.07, 6.45) is 0.640. The van der Waals surface area contributed by atoms with E-state index in [0.29, 0.717) is 18.7 Å². The van der Waals surface area contributed by atoms with Gasteiger partial charge in [-0.1, -0.05) is 13.8 Å². The first kappa shape index (κ1) is 14.6. The molecule has 0 aliphatic heterocycles. The molecule has 1 unspecified atom stereocenters. The lowest BCUT2D eigenvalue weighted by atomic mass is 10.0. The number of nitrogens with two attached hydrogens (primary N) is 2. The number of carbonyl (C=O) groups is 2. The molecule has 0 aromatic carbocycles.